The normalized spacial score (nSPS) is 10.3. The van der Waals surface area contributed by atoms with Crippen molar-refractivity contribution in [3.63, 3.8) is 0 Å². The van der Waals surface area contributed by atoms with Gasteiger partial charge in [0.25, 0.3) is 0 Å². The molecule has 0 aliphatic carbocycles. The third-order valence-corrected chi connectivity index (χ3v) is 5.72. The molecule has 0 radical (unpaired) electrons. The van der Waals surface area contributed by atoms with E-state index in [1.165, 1.54) is 7.11 Å². The van der Waals surface area contributed by atoms with Crippen LogP contribution in [0, 0.1) is 36.5 Å². The van der Waals surface area contributed by atoms with E-state index in [9.17, 15) is 4.79 Å². The maximum Gasteiger partial charge on any atom is 0.340 e. The summed E-state index contributed by atoms with van der Waals surface area (Å²) in [6.07, 6.45) is 0. The number of hydrogen-bond donors (Lipinski definition) is 0. The Hall–Kier alpha value is -3.35. The third kappa shape index (κ3) is 3.81. The van der Waals surface area contributed by atoms with Crippen molar-refractivity contribution in [1.82, 2.24) is 4.57 Å². The van der Waals surface area contributed by atoms with Crippen LogP contribution >= 0.6 is 15.9 Å². The molecule has 0 saturated carbocycles. The molecule has 6 heteroatoms. The summed E-state index contributed by atoms with van der Waals surface area (Å²) in [5.74, 6) is -0.400. The van der Waals surface area contributed by atoms with Crippen molar-refractivity contribution in [1.29, 1.82) is 10.5 Å². The Morgan fingerprint density at radius 2 is 1.66 bits per heavy atom. The van der Waals surface area contributed by atoms with E-state index in [0.29, 0.717) is 23.2 Å². The average molecular weight is 448 g/mol. The van der Waals surface area contributed by atoms with Gasteiger partial charge in [0.2, 0.25) is 0 Å². The first-order chi connectivity index (χ1) is 13.9. The highest BCUT2D eigenvalue weighted by Crippen LogP contribution is 2.34. The predicted molar refractivity (Wildman–Crippen MR) is 113 cm³/mol. The molecular formula is C23H18BrN3O2. The minimum Gasteiger partial charge on any atom is -0.465 e. The summed E-state index contributed by atoms with van der Waals surface area (Å²) in [5, 5.41) is 18.1. The van der Waals surface area contributed by atoms with Crippen molar-refractivity contribution in [3.05, 3.63) is 80.6 Å². The Morgan fingerprint density at radius 1 is 1.03 bits per heavy atom. The number of ether oxygens (including phenoxy) is 1. The molecule has 144 valence electrons. The van der Waals surface area contributed by atoms with Crippen LogP contribution in [0.5, 0.6) is 0 Å². The van der Waals surface area contributed by atoms with Gasteiger partial charge >= 0.3 is 5.97 Å². The summed E-state index contributed by atoms with van der Waals surface area (Å²) in [4.78, 5) is 12.6. The van der Waals surface area contributed by atoms with E-state index in [2.05, 4.69) is 32.6 Å². The second kappa shape index (κ2) is 8.34. The molecule has 0 aliphatic heterocycles. The smallest absolute Gasteiger partial charge is 0.340 e. The van der Waals surface area contributed by atoms with Crippen molar-refractivity contribution >= 4 is 21.9 Å². The van der Waals surface area contributed by atoms with Crippen LogP contribution in [0.15, 0.2) is 46.9 Å². The van der Waals surface area contributed by atoms with Gasteiger partial charge in [0.15, 0.2) is 0 Å². The van der Waals surface area contributed by atoms with E-state index in [-0.39, 0.29) is 0 Å². The molecule has 5 nitrogen and oxygen atoms in total. The number of esters is 1. The van der Waals surface area contributed by atoms with Gasteiger partial charge in [-0.25, -0.2) is 4.79 Å². The lowest BCUT2D eigenvalue weighted by Crippen LogP contribution is -2.07. The van der Waals surface area contributed by atoms with Crippen LogP contribution in [-0.4, -0.2) is 17.6 Å². The predicted octanol–water partition coefficient (Wildman–Crippen LogP) is 5.11. The van der Waals surface area contributed by atoms with Crippen molar-refractivity contribution in [2.75, 3.05) is 7.11 Å². The van der Waals surface area contributed by atoms with E-state index < -0.39 is 5.97 Å². The molecule has 0 atom stereocenters. The van der Waals surface area contributed by atoms with E-state index in [1.807, 2.05) is 32.0 Å². The lowest BCUT2D eigenvalue weighted by Gasteiger charge is -2.12. The van der Waals surface area contributed by atoms with Gasteiger partial charge in [-0.15, -0.1) is 0 Å². The fourth-order valence-electron chi connectivity index (χ4n) is 3.45. The molecule has 0 N–H and O–H groups in total. The molecule has 2 aromatic carbocycles. The number of aromatic nitrogens is 1. The molecule has 0 saturated heterocycles. The Balaban J connectivity index is 2.16. The highest BCUT2D eigenvalue weighted by Gasteiger charge is 2.25. The molecule has 1 aromatic heterocycles. The minimum absolute atomic E-state index is 0.400. The van der Waals surface area contributed by atoms with Gasteiger partial charge in [-0.05, 0) is 49.2 Å². The zero-order valence-electron chi connectivity index (χ0n) is 16.3. The van der Waals surface area contributed by atoms with Gasteiger partial charge in [0.1, 0.15) is 0 Å². The number of benzene rings is 2. The van der Waals surface area contributed by atoms with Gasteiger partial charge in [-0.1, -0.05) is 34.1 Å². The molecule has 3 aromatic rings. The lowest BCUT2D eigenvalue weighted by molar-refractivity contribution is 0.0600. The monoisotopic (exact) mass is 447 g/mol. The highest BCUT2D eigenvalue weighted by molar-refractivity contribution is 9.10. The zero-order chi connectivity index (χ0) is 21.1. The zero-order valence-corrected chi connectivity index (χ0v) is 17.9. The maximum atomic E-state index is 12.6. The van der Waals surface area contributed by atoms with Gasteiger partial charge in [-0.2, -0.15) is 10.5 Å². The van der Waals surface area contributed by atoms with Gasteiger partial charge < -0.3 is 9.30 Å². The summed E-state index contributed by atoms with van der Waals surface area (Å²) in [6, 6.07) is 16.9. The number of nitrogens with zero attached hydrogens (tertiary/aromatic N) is 3. The topological polar surface area (TPSA) is 78.8 Å². The van der Waals surface area contributed by atoms with Crippen LogP contribution in [0.1, 0.15) is 38.4 Å². The maximum absolute atomic E-state index is 12.6. The Labute approximate surface area is 177 Å². The summed E-state index contributed by atoms with van der Waals surface area (Å²) in [5.41, 5.74) is 6.01. The highest BCUT2D eigenvalue weighted by atomic mass is 79.9. The number of rotatable bonds is 4. The van der Waals surface area contributed by atoms with Crippen LogP contribution in [0.25, 0.3) is 11.1 Å². The molecule has 0 unspecified atom stereocenters. The van der Waals surface area contributed by atoms with Gasteiger partial charge in [-0.3, -0.25) is 0 Å². The second-order valence-electron chi connectivity index (χ2n) is 6.61. The summed E-state index contributed by atoms with van der Waals surface area (Å²) < 4.78 is 7.94. The first kappa shape index (κ1) is 20.4. The van der Waals surface area contributed by atoms with Crippen LogP contribution in [0.3, 0.4) is 0 Å². The number of carbonyl (C=O) groups excluding carboxylic acids is 1. The van der Waals surface area contributed by atoms with Crippen LogP contribution in [-0.2, 0) is 11.3 Å². The van der Waals surface area contributed by atoms with Crippen LogP contribution < -0.4 is 0 Å². The Bertz CT molecular complexity index is 1180. The van der Waals surface area contributed by atoms with Crippen LogP contribution in [0.4, 0.5) is 0 Å². The van der Waals surface area contributed by atoms with Crippen LogP contribution in [0.2, 0.25) is 0 Å². The third-order valence-electron chi connectivity index (χ3n) is 4.99. The summed E-state index contributed by atoms with van der Waals surface area (Å²) in [6.45, 7) is 4.39. The first-order valence-electron chi connectivity index (χ1n) is 8.88. The SMILES string of the molecule is COC(=O)c1c(-c2ccc(C#N)cc2)c(C)n(Cc2ccc(C#N)cc2Br)c1C. The first-order valence-corrected chi connectivity index (χ1v) is 9.67. The quantitative estimate of drug-likeness (QED) is 0.520. The fourth-order valence-corrected chi connectivity index (χ4v) is 3.96. The summed E-state index contributed by atoms with van der Waals surface area (Å²) >= 11 is 3.54. The minimum atomic E-state index is -0.400. The molecule has 0 bridgehead atoms. The van der Waals surface area contributed by atoms with Crippen molar-refractivity contribution < 1.29 is 9.53 Å². The number of nitriles is 2. The Kier molecular flexibility index (Phi) is 5.87. The number of carbonyl (C=O) groups is 1. The number of methoxy groups -OCH3 is 1. The number of hydrogen-bond acceptors (Lipinski definition) is 4. The van der Waals surface area contributed by atoms with Gasteiger partial charge in [0, 0.05) is 28.0 Å². The molecule has 0 amide bonds. The largest absolute Gasteiger partial charge is 0.465 e. The average Bonchev–Trinajstić information content (AvgIpc) is 2.99. The summed E-state index contributed by atoms with van der Waals surface area (Å²) in [7, 11) is 1.37. The van der Waals surface area contributed by atoms with E-state index in [4.69, 9.17) is 15.3 Å². The van der Waals surface area contributed by atoms with E-state index in [1.54, 1.807) is 24.3 Å². The van der Waals surface area contributed by atoms with Crippen molar-refractivity contribution in [3.8, 4) is 23.3 Å². The molecule has 0 spiro atoms. The molecular weight excluding hydrogens is 430 g/mol. The van der Waals surface area contributed by atoms with E-state index >= 15 is 0 Å². The molecule has 29 heavy (non-hydrogen) atoms. The number of halogens is 1. The standard InChI is InChI=1S/C23H18BrN3O2/c1-14-21(18-7-4-16(11-25)5-8-18)22(23(28)29-3)15(2)27(14)13-19-9-6-17(12-26)10-20(19)24/h4-10H,13H2,1-3H3. The molecule has 0 aliphatic rings. The Morgan fingerprint density at radius 3 is 2.21 bits per heavy atom. The lowest BCUT2D eigenvalue weighted by atomic mass is 9.99. The molecule has 0 fully saturated rings. The second-order valence-corrected chi connectivity index (χ2v) is 7.46. The van der Waals surface area contributed by atoms with E-state index in [0.717, 1.165) is 32.6 Å². The molecule has 3 rings (SSSR count). The molecule has 1 heterocycles. The fraction of sp³-hybridized carbons (Fsp3) is 0.174. The van der Waals surface area contributed by atoms with Crippen molar-refractivity contribution in [2.45, 2.75) is 20.4 Å². The van der Waals surface area contributed by atoms with Gasteiger partial charge in [0.05, 0.1) is 35.9 Å². The van der Waals surface area contributed by atoms with Crippen molar-refractivity contribution in [2.24, 2.45) is 0 Å².